The van der Waals surface area contributed by atoms with E-state index in [-0.39, 0.29) is 6.15 Å². The number of hydrogen-bond donors (Lipinski definition) is 0. The van der Waals surface area contributed by atoms with E-state index in [0.717, 1.165) is 8.58 Å². The quantitative estimate of drug-likeness (QED) is 0.637. The fourth-order valence-corrected chi connectivity index (χ4v) is 2.26. The van der Waals surface area contributed by atoms with Crippen molar-refractivity contribution in [1.29, 1.82) is 0 Å². The van der Waals surface area contributed by atoms with Crippen molar-refractivity contribution in [1.82, 2.24) is 0 Å². The molecule has 66 valence electrons. The normalized spacial score (nSPS) is 9.14. The molecule has 0 fully saturated rings. The second kappa shape index (κ2) is 5.50. The molecule has 0 atom stereocenters. The summed E-state index contributed by atoms with van der Waals surface area (Å²) in [6, 6.07) is 21.2. The zero-order chi connectivity index (χ0) is 8.93. The minimum Gasteiger partial charge on any atom is -0.0622 e. The molecule has 0 N–H and O–H groups in total. The van der Waals surface area contributed by atoms with E-state index < -0.39 is 0 Å². The molecule has 0 radical (unpaired) electrons. The van der Waals surface area contributed by atoms with E-state index in [1.165, 1.54) is 10.6 Å². The van der Waals surface area contributed by atoms with Gasteiger partial charge in [-0.1, -0.05) is 69.2 Å². The summed E-state index contributed by atoms with van der Waals surface area (Å²) in [4.78, 5) is 0. The summed E-state index contributed by atoms with van der Waals surface area (Å²) < 4.78 is 0. The standard InChI is InChI=1S/C12H11P.He/c1-3-7-11(8-4-1)13-12-9-5-2-6-10-12;/h1-10,13H;. The Hall–Kier alpha value is -1.22. The van der Waals surface area contributed by atoms with Gasteiger partial charge in [0, 0.05) is 6.15 Å². The fourth-order valence-electron chi connectivity index (χ4n) is 1.21. The van der Waals surface area contributed by atoms with Crippen molar-refractivity contribution in [2.24, 2.45) is 0 Å². The summed E-state index contributed by atoms with van der Waals surface area (Å²) >= 11 is 0. The van der Waals surface area contributed by atoms with E-state index in [1.54, 1.807) is 0 Å². The molecule has 2 aromatic rings. The van der Waals surface area contributed by atoms with Crippen molar-refractivity contribution in [3.05, 3.63) is 60.7 Å². The van der Waals surface area contributed by atoms with Gasteiger partial charge in [-0.25, -0.2) is 0 Å². The topological polar surface area (TPSA) is 0 Å². The third kappa shape index (κ3) is 2.92. The smallest absolute Gasteiger partial charge is 0 e. The maximum atomic E-state index is 2.17. The van der Waals surface area contributed by atoms with Gasteiger partial charge in [-0.05, 0) is 10.6 Å². The van der Waals surface area contributed by atoms with E-state index in [9.17, 15) is 0 Å². The first-order valence-corrected chi connectivity index (χ1v) is 5.32. The van der Waals surface area contributed by atoms with Crippen LogP contribution in [0.2, 0.25) is 0 Å². The first-order valence-electron chi connectivity index (χ1n) is 4.32. The molecule has 14 heavy (non-hydrogen) atoms. The van der Waals surface area contributed by atoms with Crippen LogP contribution < -0.4 is 10.6 Å². The fraction of sp³-hybridized carbons (Fsp3) is 0. The average molecular weight is 190 g/mol. The van der Waals surface area contributed by atoms with Crippen molar-refractivity contribution >= 4 is 19.2 Å². The van der Waals surface area contributed by atoms with Gasteiger partial charge < -0.3 is 0 Å². The van der Waals surface area contributed by atoms with Crippen LogP contribution in [0.15, 0.2) is 60.7 Å². The Kier molecular flexibility index (Phi) is 4.26. The Labute approximate surface area is 86.5 Å². The van der Waals surface area contributed by atoms with E-state index in [0.29, 0.717) is 0 Å². The summed E-state index contributed by atoms with van der Waals surface area (Å²) in [5.41, 5.74) is 0. The first-order chi connectivity index (χ1) is 6.45. The maximum absolute atomic E-state index is 2.17. The number of benzene rings is 2. The maximum Gasteiger partial charge on any atom is 0 e. The Balaban J connectivity index is 0.000000980. The van der Waals surface area contributed by atoms with Gasteiger partial charge in [0.05, 0.1) is 0 Å². The average Bonchev–Trinajstić information content (AvgIpc) is 2.21. The van der Waals surface area contributed by atoms with Gasteiger partial charge in [0.2, 0.25) is 0 Å². The molecule has 0 unspecified atom stereocenters. The molecule has 2 aromatic carbocycles. The predicted molar refractivity (Wildman–Crippen MR) is 60.5 cm³/mol. The molecule has 0 aliphatic carbocycles. The molecule has 2 heteroatoms. The van der Waals surface area contributed by atoms with Crippen molar-refractivity contribution in [3.8, 4) is 0 Å². The summed E-state index contributed by atoms with van der Waals surface area (Å²) in [6.45, 7) is 0. The molecule has 0 spiro atoms. The van der Waals surface area contributed by atoms with Crippen molar-refractivity contribution in [3.63, 3.8) is 0 Å². The monoisotopic (exact) mass is 190 g/mol. The van der Waals surface area contributed by atoms with Crippen LogP contribution in [0, 0.1) is 6.15 Å². The Morgan fingerprint density at radius 2 is 0.929 bits per heavy atom. The Morgan fingerprint density at radius 1 is 0.571 bits per heavy atom. The van der Waals surface area contributed by atoms with Crippen LogP contribution in [-0.4, -0.2) is 0 Å². The second-order valence-corrected chi connectivity index (χ2v) is 4.26. The predicted octanol–water partition coefficient (Wildman–Crippen LogP) is 2.32. The number of hydrogen-bond acceptors (Lipinski definition) is 0. The summed E-state index contributed by atoms with van der Waals surface area (Å²) in [7, 11) is 0.777. The van der Waals surface area contributed by atoms with E-state index in [4.69, 9.17) is 0 Å². The van der Waals surface area contributed by atoms with Gasteiger partial charge in [0.15, 0.2) is 0 Å². The largest absolute Gasteiger partial charge is 0.0622 e. The van der Waals surface area contributed by atoms with Crippen LogP contribution in [0.1, 0.15) is 0 Å². The minimum atomic E-state index is 0. The van der Waals surface area contributed by atoms with Gasteiger partial charge in [0.25, 0.3) is 0 Å². The zero-order valence-electron chi connectivity index (χ0n) is 7.98. The zero-order valence-corrected chi connectivity index (χ0v) is 8.98. The molecule has 0 heterocycles. The minimum absolute atomic E-state index is 0. The molecule has 0 aliphatic heterocycles. The van der Waals surface area contributed by atoms with Crippen LogP contribution >= 0.6 is 8.58 Å². The van der Waals surface area contributed by atoms with Crippen molar-refractivity contribution in [2.75, 3.05) is 0 Å². The van der Waals surface area contributed by atoms with Gasteiger partial charge in [0.1, 0.15) is 0 Å². The van der Waals surface area contributed by atoms with Gasteiger partial charge >= 0.3 is 0 Å². The van der Waals surface area contributed by atoms with Crippen molar-refractivity contribution < 1.29 is 6.15 Å². The van der Waals surface area contributed by atoms with Crippen LogP contribution in [-0.2, 0) is 0 Å². The first kappa shape index (κ1) is 10.9. The van der Waals surface area contributed by atoms with E-state index >= 15 is 0 Å². The van der Waals surface area contributed by atoms with Crippen LogP contribution in [0.5, 0.6) is 0 Å². The van der Waals surface area contributed by atoms with E-state index in [1.807, 2.05) is 0 Å². The Bertz CT molecular complexity index is 321. The molecule has 0 aromatic heterocycles. The third-order valence-electron chi connectivity index (χ3n) is 1.84. The molecule has 0 saturated carbocycles. The van der Waals surface area contributed by atoms with Crippen LogP contribution in [0.4, 0.5) is 0 Å². The second-order valence-electron chi connectivity index (χ2n) is 2.86. The Morgan fingerprint density at radius 3 is 1.29 bits per heavy atom. The van der Waals surface area contributed by atoms with Crippen LogP contribution in [0.3, 0.4) is 0 Å². The van der Waals surface area contributed by atoms with Gasteiger partial charge in [-0.2, -0.15) is 0 Å². The molecular weight excluding hydrogens is 179 g/mol. The number of rotatable bonds is 2. The SMILES string of the molecule is [He].c1ccc(Pc2ccccc2)cc1. The van der Waals surface area contributed by atoms with Gasteiger partial charge in [-0.3, -0.25) is 0 Å². The summed E-state index contributed by atoms with van der Waals surface area (Å²) in [5.74, 6) is 0. The van der Waals surface area contributed by atoms with E-state index in [2.05, 4.69) is 60.7 Å². The molecule has 0 aliphatic rings. The molecule has 0 saturated heterocycles. The van der Waals surface area contributed by atoms with Crippen LogP contribution in [0.25, 0.3) is 0 Å². The van der Waals surface area contributed by atoms with Crippen molar-refractivity contribution in [2.45, 2.75) is 0 Å². The molecule has 0 nitrogen and oxygen atoms in total. The molecular formula is C12H11HeP. The molecule has 0 bridgehead atoms. The third-order valence-corrected chi connectivity index (χ3v) is 3.08. The van der Waals surface area contributed by atoms with Gasteiger partial charge in [-0.15, -0.1) is 0 Å². The molecule has 0 amide bonds. The molecule has 2 rings (SSSR count). The summed E-state index contributed by atoms with van der Waals surface area (Å²) in [5, 5.41) is 2.79. The summed E-state index contributed by atoms with van der Waals surface area (Å²) in [6.07, 6.45) is 0.